The summed E-state index contributed by atoms with van der Waals surface area (Å²) in [6.07, 6.45) is 5.73. The van der Waals surface area contributed by atoms with Crippen LogP contribution >= 0.6 is 12.4 Å². The third-order valence-corrected chi connectivity index (χ3v) is 5.71. The van der Waals surface area contributed by atoms with Crippen molar-refractivity contribution in [2.45, 2.75) is 52.0 Å². The first-order chi connectivity index (χ1) is 12.6. The maximum atomic E-state index is 12.2. The zero-order valence-electron chi connectivity index (χ0n) is 16.2. The minimum Gasteiger partial charge on any atom is -0.352 e. The molecule has 2 N–H and O–H groups in total. The van der Waals surface area contributed by atoms with Crippen molar-refractivity contribution < 1.29 is 9.59 Å². The monoisotopic (exact) mass is 393 g/mol. The molecular formula is C21H32ClN3O2. The first-order valence-electron chi connectivity index (χ1n) is 10.00. The van der Waals surface area contributed by atoms with Crippen molar-refractivity contribution in [1.82, 2.24) is 10.6 Å². The van der Waals surface area contributed by atoms with Crippen molar-refractivity contribution in [3.05, 3.63) is 29.8 Å². The Bertz CT molecular complexity index is 614. The zero-order chi connectivity index (χ0) is 18.4. The molecule has 0 aliphatic carbocycles. The molecule has 2 unspecified atom stereocenters. The molecule has 2 amide bonds. The summed E-state index contributed by atoms with van der Waals surface area (Å²) in [7, 11) is 0. The van der Waals surface area contributed by atoms with Crippen molar-refractivity contribution in [3.8, 4) is 0 Å². The summed E-state index contributed by atoms with van der Waals surface area (Å²) in [6.45, 7) is 5.67. The van der Waals surface area contributed by atoms with Crippen LogP contribution in [0.15, 0.2) is 24.3 Å². The Kier molecular flexibility index (Phi) is 8.58. The topological polar surface area (TPSA) is 61.4 Å². The van der Waals surface area contributed by atoms with Gasteiger partial charge in [0.1, 0.15) is 0 Å². The van der Waals surface area contributed by atoms with Crippen LogP contribution in [-0.4, -0.2) is 31.4 Å². The van der Waals surface area contributed by atoms with Crippen molar-refractivity contribution in [2.75, 3.05) is 24.5 Å². The van der Waals surface area contributed by atoms with Gasteiger partial charge in [0.05, 0.1) is 0 Å². The van der Waals surface area contributed by atoms with E-state index in [0.29, 0.717) is 31.2 Å². The number of amides is 2. The molecule has 2 fully saturated rings. The maximum absolute atomic E-state index is 12.2. The fraction of sp³-hybridized carbons (Fsp3) is 0.619. The fourth-order valence-corrected chi connectivity index (χ4v) is 3.97. The lowest BCUT2D eigenvalue weighted by Gasteiger charge is -2.28. The third-order valence-electron chi connectivity index (χ3n) is 5.71. The highest BCUT2D eigenvalue weighted by atomic mass is 35.5. The minimum atomic E-state index is 0. The predicted octanol–water partition coefficient (Wildman–Crippen LogP) is 3.27. The number of hydrogen-bond donors (Lipinski definition) is 2. The van der Waals surface area contributed by atoms with Crippen LogP contribution in [0, 0.1) is 11.8 Å². The van der Waals surface area contributed by atoms with Gasteiger partial charge >= 0.3 is 0 Å². The number of anilines is 1. The standard InChI is InChI=1S/C21H31N3O2.ClH/c1-16(18-5-4-11-22-15-18)13-20(25)23-14-17-7-9-19(10-8-17)24-12-3-2-6-21(24)26;/h7-10,16,18,22H,2-6,11-15H2,1H3,(H,23,25);1H. The molecule has 2 aliphatic rings. The lowest BCUT2D eigenvalue weighted by atomic mass is 9.85. The molecule has 2 atom stereocenters. The second-order valence-electron chi connectivity index (χ2n) is 7.73. The Morgan fingerprint density at radius 3 is 2.70 bits per heavy atom. The van der Waals surface area contributed by atoms with Crippen LogP contribution in [0.25, 0.3) is 0 Å². The number of carbonyl (C=O) groups is 2. The van der Waals surface area contributed by atoms with E-state index in [1.165, 1.54) is 12.8 Å². The molecule has 0 aromatic heterocycles. The number of hydrogen-bond acceptors (Lipinski definition) is 3. The first kappa shape index (κ1) is 21.7. The molecule has 0 spiro atoms. The highest BCUT2D eigenvalue weighted by Gasteiger charge is 2.22. The van der Waals surface area contributed by atoms with E-state index in [-0.39, 0.29) is 24.2 Å². The van der Waals surface area contributed by atoms with Gasteiger partial charge in [-0.1, -0.05) is 19.1 Å². The maximum Gasteiger partial charge on any atom is 0.226 e. The highest BCUT2D eigenvalue weighted by molar-refractivity contribution is 5.93. The van der Waals surface area contributed by atoms with Crippen molar-refractivity contribution in [2.24, 2.45) is 11.8 Å². The summed E-state index contributed by atoms with van der Waals surface area (Å²) >= 11 is 0. The number of benzene rings is 1. The van der Waals surface area contributed by atoms with Crippen molar-refractivity contribution >= 4 is 29.9 Å². The summed E-state index contributed by atoms with van der Waals surface area (Å²) in [5.41, 5.74) is 2.03. The van der Waals surface area contributed by atoms with Gasteiger partial charge < -0.3 is 15.5 Å². The lowest BCUT2D eigenvalue weighted by molar-refractivity contribution is -0.122. The van der Waals surface area contributed by atoms with Gasteiger partial charge in [-0.2, -0.15) is 0 Å². The van der Waals surface area contributed by atoms with E-state index in [0.717, 1.165) is 43.7 Å². The van der Waals surface area contributed by atoms with E-state index in [9.17, 15) is 9.59 Å². The fourth-order valence-electron chi connectivity index (χ4n) is 3.97. The van der Waals surface area contributed by atoms with Crippen LogP contribution in [-0.2, 0) is 16.1 Å². The molecule has 2 heterocycles. The van der Waals surface area contributed by atoms with Crippen LogP contribution in [0.4, 0.5) is 5.69 Å². The molecular weight excluding hydrogens is 362 g/mol. The number of carbonyl (C=O) groups excluding carboxylic acids is 2. The summed E-state index contributed by atoms with van der Waals surface area (Å²) in [4.78, 5) is 26.1. The smallest absolute Gasteiger partial charge is 0.226 e. The van der Waals surface area contributed by atoms with E-state index < -0.39 is 0 Å². The summed E-state index contributed by atoms with van der Waals surface area (Å²) in [5, 5.41) is 6.46. The summed E-state index contributed by atoms with van der Waals surface area (Å²) in [6, 6.07) is 7.99. The molecule has 2 aliphatic heterocycles. The average molecular weight is 394 g/mol. The Balaban J connectivity index is 0.00000261. The largest absolute Gasteiger partial charge is 0.352 e. The average Bonchev–Trinajstić information content (AvgIpc) is 2.68. The van der Waals surface area contributed by atoms with Crippen LogP contribution in [0.5, 0.6) is 0 Å². The Labute approximate surface area is 168 Å². The van der Waals surface area contributed by atoms with E-state index in [1.54, 1.807) is 0 Å². The quantitative estimate of drug-likeness (QED) is 0.779. The molecule has 150 valence electrons. The molecule has 0 bridgehead atoms. The molecule has 27 heavy (non-hydrogen) atoms. The first-order valence-corrected chi connectivity index (χ1v) is 10.00. The Morgan fingerprint density at radius 2 is 2.04 bits per heavy atom. The van der Waals surface area contributed by atoms with Crippen LogP contribution < -0.4 is 15.5 Å². The van der Waals surface area contributed by atoms with E-state index in [1.807, 2.05) is 29.2 Å². The van der Waals surface area contributed by atoms with E-state index in [2.05, 4.69) is 17.6 Å². The van der Waals surface area contributed by atoms with Crippen LogP contribution in [0.2, 0.25) is 0 Å². The molecule has 1 aromatic carbocycles. The molecule has 3 rings (SSSR count). The lowest BCUT2D eigenvalue weighted by Crippen LogP contribution is -2.35. The van der Waals surface area contributed by atoms with Crippen molar-refractivity contribution in [1.29, 1.82) is 0 Å². The molecule has 5 nitrogen and oxygen atoms in total. The van der Waals surface area contributed by atoms with Crippen molar-refractivity contribution in [3.63, 3.8) is 0 Å². The summed E-state index contributed by atoms with van der Waals surface area (Å²) in [5.74, 6) is 1.35. The second-order valence-corrected chi connectivity index (χ2v) is 7.73. The molecule has 6 heteroatoms. The van der Waals surface area contributed by atoms with E-state index >= 15 is 0 Å². The number of halogens is 1. The minimum absolute atomic E-state index is 0. The SMILES string of the molecule is CC(CC(=O)NCc1ccc(N2CCCCC2=O)cc1)C1CCCNC1.Cl. The van der Waals surface area contributed by atoms with Gasteiger partial charge in [0.25, 0.3) is 0 Å². The van der Waals surface area contributed by atoms with Gasteiger partial charge in [0, 0.05) is 31.6 Å². The Morgan fingerprint density at radius 1 is 1.26 bits per heavy atom. The number of nitrogens with zero attached hydrogens (tertiary/aromatic N) is 1. The van der Waals surface area contributed by atoms with Crippen LogP contribution in [0.3, 0.4) is 0 Å². The predicted molar refractivity (Wildman–Crippen MR) is 111 cm³/mol. The molecule has 1 aromatic rings. The molecule has 0 saturated carbocycles. The van der Waals surface area contributed by atoms with E-state index in [4.69, 9.17) is 0 Å². The summed E-state index contributed by atoms with van der Waals surface area (Å²) < 4.78 is 0. The van der Waals surface area contributed by atoms with Gasteiger partial charge in [-0.25, -0.2) is 0 Å². The third kappa shape index (κ3) is 6.22. The number of rotatable bonds is 6. The molecule has 0 radical (unpaired) electrons. The van der Waals surface area contributed by atoms with Gasteiger partial charge in [-0.3, -0.25) is 9.59 Å². The zero-order valence-corrected chi connectivity index (χ0v) is 17.0. The van der Waals surface area contributed by atoms with Gasteiger partial charge in [-0.05, 0) is 68.3 Å². The van der Waals surface area contributed by atoms with Crippen LogP contribution in [0.1, 0.15) is 51.0 Å². The van der Waals surface area contributed by atoms with Gasteiger partial charge in [-0.15, -0.1) is 12.4 Å². The van der Waals surface area contributed by atoms with Gasteiger partial charge in [0.2, 0.25) is 11.8 Å². The number of piperidine rings is 2. The second kappa shape index (κ2) is 10.7. The number of nitrogens with one attached hydrogen (secondary N) is 2. The Hall–Kier alpha value is -1.59. The normalized spacial score (nSPS) is 21.3. The van der Waals surface area contributed by atoms with Gasteiger partial charge in [0.15, 0.2) is 0 Å². The molecule has 2 saturated heterocycles. The highest BCUT2D eigenvalue weighted by Crippen LogP contribution is 2.23.